The molecular formula is C28H24N2O12. The largest absolute Gasteiger partial charge is 0.506 e. The summed E-state index contributed by atoms with van der Waals surface area (Å²) in [5.74, 6) is -8.13. The molecule has 0 aromatic heterocycles. The first kappa shape index (κ1) is 28.6. The molecule has 2 aromatic carbocycles. The van der Waals surface area contributed by atoms with Crippen molar-refractivity contribution >= 4 is 35.0 Å². The zero-order valence-corrected chi connectivity index (χ0v) is 22.4. The van der Waals surface area contributed by atoms with Gasteiger partial charge < -0.3 is 41.0 Å². The van der Waals surface area contributed by atoms with E-state index in [2.05, 4.69) is 0 Å². The van der Waals surface area contributed by atoms with Gasteiger partial charge in [-0.2, -0.15) is 0 Å². The van der Waals surface area contributed by atoms with Crippen molar-refractivity contribution < 1.29 is 58.3 Å². The number of methoxy groups -OCH3 is 2. The van der Waals surface area contributed by atoms with Crippen LogP contribution in [0.25, 0.3) is 0 Å². The Labute approximate surface area is 236 Å². The van der Waals surface area contributed by atoms with Crippen LogP contribution in [0.3, 0.4) is 0 Å². The maximum Gasteiger partial charge on any atom is 0.341 e. The molecule has 218 valence electrons. The lowest BCUT2D eigenvalue weighted by Crippen LogP contribution is -2.73. The number of ketones is 4. The molecule has 0 saturated heterocycles. The Bertz CT molecular complexity index is 1720. The Morgan fingerprint density at radius 3 is 2.33 bits per heavy atom. The number of hydrogen-bond donors (Lipinski definition) is 5. The summed E-state index contributed by atoms with van der Waals surface area (Å²) >= 11 is 0. The molecule has 0 fully saturated rings. The van der Waals surface area contributed by atoms with Crippen LogP contribution < -0.4 is 16.2 Å². The Kier molecular flexibility index (Phi) is 6.34. The zero-order valence-electron chi connectivity index (χ0n) is 22.4. The van der Waals surface area contributed by atoms with E-state index < -0.39 is 110 Å². The molecule has 7 N–H and O–H groups in total. The third kappa shape index (κ3) is 3.36. The molecule has 5 rings (SSSR count). The molecule has 14 heteroatoms. The second-order valence-corrected chi connectivity index (χ2v) is 10.1. The maximum absolute atomic E-state index is 14.4. The summed E-state index contributed by atoms with van der Waals surface area (Å²) in [6, 6.07) is 2.19. The molecule has 0 radical (unpaired) electrons. The van der Waals surface area contributed by atoms with Gasteiger partial charge in [0, 0.05) is 36.3 Å². The minimum absolute atomic E-state index is 0.0347. The van der Waals surface area contributed by atoms with E-state index in [1.807, 2.05) is 0 Å². The SMILES string of the molecule is COC(=O)c1c(C)cc2c(c1OCC(N)=O)[C@]1(O)C(=O)c3cc4c(c(O)c3C(=O)[C@]1(OC)[C@H](O)C2)C(=O)C=C(N)C4=O. The summed E-state index contributed by atoms with van der Waals surface area (Å²) in [5, 5.41) is 34.9. The number of carbonyl (C=O) groups is 6. The quantitative estimate of drug-likeness (QED) is 0.271. The molecule has 3 atom stereocenters. The summed E-state index contributed by atoms with van der Waals surface area (Å²) in [5.41, 5.74) is 1.12. The van der Waals surface area contributed by atoms with Gasteiger partial charge >= 0.3 is 5.97 Å². The van der Waals surface area contributed by atoms with Crippen LogP contribution in [0, 0.1) is 6.92 Å². The van der Waals surface area contributed by atoms with Gasteiger partial charge in [0.15, 0.2) is 23.6 Å². The van der Waals surface area contributed by atoms with Crippen molar-refractivity contribution in [3.05, 3.63) is 68.4 Å². The second-order valence-electron chi connectivity index (χ2n) is 10.1. The molecule has 42 heavy (non-hydrogen) atoms. The molecular weight excluding hydrogens is 556 g/mol. The van der Waals surface area contributed by atoms with Crippen LogP contribution >= 0.6 is 0 Å². The van der Waals surface area contributed by atoms with Crippen molar-refractivity contribution in [1.82, 2.24) is 0 Å². The molecule has 14 nitrogen and oxygen atoms in total. The van der Waals surface area contributed by atoms with Crippen molar-refractivity contribution in [2.24, 2.45) is 11.5 Å². The van der Waals surface area contributed by atoms with Gasteiger partial charge in [0.2, 0.25) is 17.3 Å². The highest BCUT2D eigenvalue weighted by Gasteiger charge is 2.72. The van der Waals surface area contributed by atoms with Gasteiger partial charge in [-0.1, -0.05) is 6.07 Å². The number of phenols is 1. The Balaban J connectivity index is 1.93. The van der Waals surface area contributed by atoms with Gasteiger partial charge in [0.25, 0.3) is 5.91 Å². The van der Waals surface area contributed by atoms with Crippen molar-refractivity contribution in [2.75, 3.05) is 20.8 Å². The number of esters is 1. The number of aromatic hydroxyl groups is 1. The number of benzene rings is 2. The number of hydrogen-bond acceptors (Lipinski definition) is 13. The van der Waals surface area contributed by atoms with Gasteiger partial charge in [-0.25, -0.2) is 4.79 Å². The summed E-state index contributed by atoms with van der Waals surface area (Å²) in [6.45, 7) is 0.625. The predicted molar refractivity (Wildman–Crippen MR) is 138 cm³/mol. The molecule has 3 aliphatic carbocycles. The molecule has 2 aromatic rings. The first-order valence-electron chi connectivity index (χ1n) is 12.4. The number of rotatable bonds is 5. The monoisotopic (exact) mass is 580 g/mol. The number of allylic oxidation sites excluding steroid dienone is 2. The standard InChI is InChI=1S/C28H24N2O12/c1-9-4-10-5-15(32)28(41-3)25(37)19-12(6-11-18(22(19)35)14(31)7-13(29)21(11)34)24(36)27(28,39)20(10)23(42-8-16(30)33)17(9)26(38)40-2/h4,6-7,15,32,35,39H,5,8,29H2,1-3H3,(H2,30,33)/t15-,27+,28-/m1/s1. The minimum Gasteiger partial charge on any atom is -0.506 e. The zero-order chi connectivity index (χ0) is 31.0. The number of aliphatic hydroxyl groups is 2. The highest BCUT2D eigenvalue weighted by atomic mass is 16.5. The van der Waals surface area contributed by atoms with Crippen molar-refractivity contribution in [3.63, 3.8) is 0 Å². The Hall–Kier alpha value is -4.92. The lowest BCUT2D eigenvalue weighted by atomic mass is 9.56. The van der Waals surface area contributed by atoms with Crippen LogP contribution in [0.15, 0.2) is 23.9 Å². The molecule has 0 aliphatic heterocycles. The van der Waals surface area contributed by atoms with Crippen molar-refractivity contribution in [1.29, 1.82) is 0 Å². The number of ether oxygens (including phenoxy) is 3. The number of nitrogens with two attached hydrogens (primary N) is 2. The minimum atomic E-state index is -3.19. The number of phenolic OH excluding ortho intramolecular Hbond substituents is 1. The number of primary amides is 1. The average molecular weight is 581 g/mol. The van der Waals surface area contributed by atoms with Crippen LogP contribution in [0.4, 0.5) is 0 Å². The van der Waals surface area contributed by atoms with E-state index >= 15 is 0 Å². The first-order chi connectivity index (χ1) is 19.7. The average Bonchev–Trinajstić information content (AvgIpc) is 2.92. The number of carbonyl (C=O) groups excluding carboxylic acids is 6. The van der Waals surface area contributed by atoms with E-state index in [4.69, 9.17) is 25.7 Å². The van der Waals surface area contributed by atoms with Crippen LogP contribution in [0.1, 0.15) is 68.5 Å². The molecule has 0 unspecified atom stereocenters. The van der Waals surface area contributed by atoms with Crippen molar-refractivity contribution in [2.45, 2.75) is 30.7 Å². The maximum atomic E-state index is 14.4. The van der Waals surface area contributed by atoms with E-state index in [9.17, 15) is 44.1 Å². The van der Waals surface area contributed by atoms with Crippen molar-refractivity contribution in [3.8, 4) is 11.5 Å². The molecule has 0 spiro atoms. The first-order valence-corrected chi connectivity index (χ1v) is 12.4. The van der Waals surface area contributed by atoms with E-state index in [-0.39, 0.29) is 16.7 Å². The van der Waals surface area contributed by atoms with Crippen LogP contribution in [0.2, 0.25) is 0 Å². The van der Waals surface area contributed by atoms with Crippen LogP contribution in [-0.4, -0.2) is 82.9 Å². The topological polar surface area (TPSA) is 243 Å². The van der Waals surface area contributed by atoms with E-state index in [0.717, 1.165) is 26.4 Å². The lowest BCUT2D eigenvalue weighted by molar-refractivity contribution is -0.181. The van der Waals surface area contributed by atoms with Crippen LogP contribution in [-0.2, 0) is 26.3 Å². The number of aryl methyl sites for hydroxylation is 1. The third-order valence-corrected chi connectivity index (χ3v) is 7.89. The molecule has 1 amide bonds. The second kappa shape index (κ2) is 9.30. The highest BCUT2D eigenvalue weighted by Crippen LogP contribution is 2.56. The fourth-order valence-corrected chi connectivity index (χ4v) is 6.13. The molecule has 3 aliphatic rings. The van der Waals surface area contributed by atoms with E-state index in [0.29, 0.717) is 0 Å². The highest BCUT2D eigenvalue weighted by molar-refractivity contribution is 6.30. The molecule has 0 bridgehead atoms. The summed E-state index contributed by atoms with van der Waals surface area (Å²) in [4.78, 5) is 78.7. The van der Waals surface area contributed by atoms with Gasteiger partial charge in [-0.05, 0) is 24.1 Å². The number of Topliss-reactive ketones (excluding diaryl/α,β-unsaturated/α-hetero) is 3. The van der Waals surface area contributed by atoms with Gasteiger partial charge in [0.05, 0.1) is 30.0 Å². The van der Waals surface area contributed by atoms with E-state index in [1.54, 1.807) is 0 Å². The fraction of sp³-hybridized carbons (Fsp3) is 0.286. The third-order valence-electron chi connectivity index (χ3n) is 7.89. The summed E-state index contributed by atoms with van der Waals surface area (Å²) in [7, 11) is 1.97. The van der Waals surface area contributed by atoms with Gasteiger partial charge in [-0.3, -0.25) is 24.0 Å². The van der Waals surface area contributed by atoms with Crippen LogP contribution in [0.5, 0.6) is 11.5 Å². The predicted octanol–water partition coefficient (Wildman–Crippen LogP) is -0.858. The van der Waals surface area contributed by atoms with Gasteiger partial charge in [-0.15, -0.1) is 0 Å². The molecule has 0 heterocycles. The summed E-state index contributed by atoms with van der Waals surface area (Å²) in [6.07, 6.45) is -1.64. The fourth-order valence-electron chi connectivity index (χ4n) is 6.13. The lowest BCUT2D eigenvalue weighted by Gasteiger charge is -2.53. The Morgan fingerprint density at radius 2 is 1.74 bits per heavy atom. The molecule has 0 saturated carbocycles. The number of aliphatic hydroxyl groups excluding tert-OH is 1. The van der Waals surface area contributed by atoms with E-state index in [1.165, 1.54) is 13.0 Å². The Morgan fingerprint density at radius 1 is 1.07 bits per heavy atom. The van der Waals surface area contributed by atoms with Gasteiger partial charge in [0.1, 0.15) is 17.1 Å². The normalized spacial score (nSPS) is 24.2. The smallest absolute Gasteiger partial charge is 0.341 e. The number of amides is 1. The summed E-state index contributed by atoms with van der Waals surface area (Å²) < 4.78 is 15.9. The number of fused-ring (bicyclic) bond motifs is 5.